The van der Waals surface area contributed by atoms with E-state index in [9.17, 15) is 26.0 Å². The molecule has 0 aliphatic heterocycles. The van der Waals surface area contributed by atoms with Crippen molar-refractivity contribution in [3.05, 3.63) is 23.3 Å². The maximum absolute atomic E-state index is 14.1. The summed E-state index contributed by atoms with van der Waals surface area (Å²) < 4.78 is 84.5. The highest BCUT2D eigenvalue weighted by Gasteiger charge is 2.33. The Bertz CT molecular complexity index is 746. The zero-order valence-corrected chi connectivity index (χ0v) is 19.2. The molecular weight excluding hydrogens is 460 g/mol. The first kappa shape index (κ1) is 28.2. The van der Waals surface area contributed by atoms with Crippen LogP contribution in [0.25, 0.3) is 0 Å². The highest BCUT2D eigenvalue weighted by atomic mass is 32.2. The summed E-state index contributed by atoms with van der Waals surface area (Å²) in [6.45, 7) is 2.18. The molecule has 1 aromatic rings. The molecule has 0 saturated heterocycles. The first-order chi connectivity index (χ1) is 14.8. The van der Waals surface area contributed by atoms with Crippen molar-refractivity contribution in [1.82, 2.24) is 0 Å². The smallest absolute Gasteiger partial charge is 0.184 e. The summed E-state index contributed by atoms with van der Waals surface area (Å²) in [6, 6.07) is 0. The molecule has 0 saturated carbocycles. The fourth-order valence-electron chi connectivity index (χ4n) is 3.22. The molecule has 11 heteroatoms. The highest BCUT2D eigenvalue weighted by molar-refractivity contribution is 7.94. The molecule has 0 aromatic heterocycles. The lowest BCUT2D eigenvalue weighted by Gasteiger charge is -2.11. The molecule has 0 amide bonds. The Hall–Kier alpha value is -0.880. The summed E-state index contributed by atoms with van der Waals surface area (Å²) in [7, 11) is -4.58. The molecule has 180 valence electrons. The molecule has 1 aromatic carbocycles. The molecule has 0 aliphatic rings. The molecular formula is C20H30F4O5S2. The maximum atomic E-state index is 14.1. The summed E-state index contributed by atoms with van der Waals surface area (Å²) in [4.78, 5) is -2.95. The lowest BCUT2D eigenvalue weighted by Crippen LogP contribution is -2.15. The van der Waals surface area contributed by atoms with Crippen molar-refractivity contribution in [2.24, 2.45) is 0 Å². The van der Waals surface area contributed by atoms with E-state index in [1.54, 1.807) is 0 Å². The topological polar surface area (TPSA) is 72.8 Å². The summed E-state index contributed by atoms with van der Waals surface area (Å²) in [5, 5.41) is 11.1. The number of rotatable bonds is 17. The second-order valence-electron chi connectivity index (χ2n) is 7.35. The van der Waals surface area contributed by atoms with Crippen LogP contribution in [0.3, 0.4) is 0 Å². The van der Waals surface area contributed by atoms with Gasteiger partial charge in [0.25, 0.3) is 0 Å². The maximum Gasteiger partial charge on any atom is 0.184 e. The van der Waals surface area contributed by atoms with Crippen molar-refractivity contribution >= 4 is 21.9 Å². The van der Waals surface area contributed by atoms with E-state index in [4.69, 9.17) is 5.26 Å². The third kappa shape index (κ3) is 9.25. The van der Waals surface area contributed by atoms with E-state index in [2.05, 4.69) is 16.3 Å². The van der Waals surface area contributed by atoms with Crippen LogP contribution in [-0.2, 0) is 19.2 Å². The minimum absolute atomic E-state index is 0.124. The molecule has 0 bridgehead atoms. The Kier molecular flexibility index (Phi) is 13.7. The van der Waals surface area contributed by atoms with E-state index in [1.807, 2.05) is 0 Å². The largest absolute Gasteiger partial charge is 0.223 e. The Morgan fingerprint density at radius 2 is 1.16 bits per heavy atom. The number of halogens is 4. The van der Waals surface area contributed by atoms with Gasteiger partial charge in [-0.05, 0) is 6.42 Å². The van der Waals surface area contributed by atoms with E-state index in [0.29, 0.717) is 6.42 Å². The van der Waals surface area contributed by atoms with Crippen LogP contribution in [0, 0.1) is 23.3 Å². The van der Waals surface area contributed by atoms with Gasteiger partial charge in [-0.15, -0.1) is 4.33 Å². The van der Waals surface area contributed by atoms with Gasteiger partial charge >= 0.3 is 0 Å². The Balaban J connectivity index is 2.48. The summed E-state index contributed by atoms with van der Waals surface area (Å²) in [5.41, 5.74) is 0. The predicted octanol–water partition coefficient (Wildman–Crippen LogP) is 7.15. The van der Waals surface area contributed by atoms with Gasteiger partial charge in [0.15, 0.2) is 33.1 Å². The van der Waals surface area contributed by atoms with Gasteiger partial charge in [0.2, 0.25) is 0 Å². The van der Waals surface area contributed by atoms with Gasteiger partial charge in [0, 0.05) is 0 Å². The molecule has 0 aliphatic carbocycles. The minimum Gasteiger partial charge on any atom is -0.223 e. The monoisotopic (exact) mass is 490 g/mol. The Labute approximate surface area is 185 Å². The third-order valence-corrected chi connectivity index (χ3v) is 7.37. The second kappa shape index (κ2) is 15.0. The van der Waals surface area contributed by atoms with Gasteiger partial charge in [-0.25, -0.2) is 31.2 Å². The third-order valence-electron chi connectivity index (χ3n) is 4.91. The van der Waals surface area contributed by atoms with Crippen LogP contribution in [0.1, 0.15) is 84.0 Å². The number of benzene rings is 1. The van der Waals surface area contributed by atoms with Gasteiger partial charge < -0.3 is 0 Å². The van der Waals surface area contributed by atoms with Gasteiger partial charge in [-0.3, -0.25) is 0 Å². The van der Waals surface area contributed by atoms with Gasteiger partial charge in [-0.2, -0.15) is 0 Å². The molecule has 5 nitrogen and oxygen atoms in total. The highest BCUT2D eigenvalue weighted by Crippen LogP contribution is 2.34. The first-order valence-electron chi connectivity index (χ1n) is 10.5. The van der Waals surface area contributed by atoms with Crippen molar-refractivity contribution in [2.45, 2.75) is 93.8 Å². The van der Waals surface area contributed by atoms with E-state index in [-0.39, 0.29) is 18.5 Å². The SMILES string of the molecule is CCCCCCCCCCCCCCS(=O)(=O)c1c(F)c(F)c(SOOO)c(F)c1F. The summed E-state index contributed by atoms with van der Waals surface area (Å²) in [6.07, 6.45) is 11.9. The minimum atomic E-state index is -4.58. The second-order valence-corrected chi connectivity index (χ2v) is 10.1. The van der Waals surface area contributed by atoms with E-state index >= 15 is 0 Å². The fourth-order valence-corrected chi connectivity index (χ4v) is 5.16. The molecule has 0 unspecified atom stereocenters. The average molecular weight is 491 g/mol. The van der Waals surface area contributed by atoms with Crippen LogP contribution in [-0.4, -0.2) is 19.4 Å². The van der Waals surface area contributed by atoms with E-state index in [1.165, 1.54) is 38.5 Å². The van der Waals surface area contributed by atoms with Crippen LogP contribution in [0.4, 0.5) is 17.6 Å². The molecule has 0 atom stereocenters. The first-order valence-corrected chi connectivity index (χ1v) is 12.9. The molecule has 0 radical (unpaired) electrons. The van der Waals surface area contributed by atoms with Crippen molar-refractivity contribution in [1.29, 1.82) is 0 Å². The normalized spacial score (nSPS) is 11.9. The lowest BCUT2D eigenvalue weighted by molar-refractivity contribution is -0.432. The van der Waals surface area contributed by atoms with Gasteiger partial charge in [-0.1, -0.05) is 82.6 Å². The number of hydrogen-bond acceptors (Lipinski definition) is 6. The summed E-state index contributed by atoms with van der Waals surface area (Å²) >= 11 is -0.339. The number of hydrogen-bond donors (Lipinski definition) is 1. The van der Waals surface area contributed by atoms with Gasteiger partial charge in [0.05, 0.1) is 17.8 Å². The number of sulfone groups is 1. The molecule has 0 fully saturated rings. The molecule has 1 rings (SSSR count). The Morgan fingerprint density at radius 3 is 1.58 bits per heavy atom. The Morgan fingerprint density at radius 1 is 0.742 bits per heavy atom. The van der Waals surface area contributed by atoms with E-state index in [0.717, 1.165) is 25.7 Å². The standard InChI is InChI=1S/C20H30F4O5S2/c1-2-3-4-5-6-7-8-9-10-11-12-13-14-31(26,27)20-17(23)15(21)19(30-29-28-25)16(22)18(20)24/h25H,2-14H2,1H3. The van der Waals surface area contributed by atoms with Crippen molar-refractivity contribution < 1.29 is 40.6 Å². The van der Waals surface area contributed by atoms with Crippen molar-refractivity contribution in [2.75, 3.05) is 5.75 Å². The predicted molar refractivity (Wildman–Crippen MR) is 110 cm³/mol. The quantitative estimate of drug-likeness (QED) is 0.0624. The molecule has 0 heterocycles. The molecule has 31 heavy (non-hydrogen) atoms. The molecule has 0 spiro atoms. The van der Waals surface area contributed by atoms with Gasteiger partial charge in [0.1, 0.15) is 9.79 Å². The average Bonchev–Trinajstić information content (AvgIpc) is 2.73. The van der Waals surface area contributed by atoms with Crippen molar-refractivity contribution in [3.8, 4) is 0 Å². The lowest BCUT2D eigenvalue weighted by atomic mass is 10.1. The summed E-state index contributed by atoms with van der Waals surface area (Å²) in [5.74, 6) is -8.60. The van der Waals surface area contributed by atoms with Crippen LogP contribution in [0.2, 0.25) is 0 Å². The molecule has 1 N–H and O–H groups in total. The zero-order valence-electron chi connectivity index (χ0n) is 17.6. The van der Waals surface area contributed by atoms with Crippen LogP contribution in [0.5, 0.6) is 0 Å². The van der Waals surface area contributed by atoms with Crippen LogP contribution in [0.15, 0.2) is 9.79 Å². The zero-order chi connectivity index (χ0) is 23.3. The van der Waals surface area contributed by atoms with Crippen LogP contribution < -0.4 is 0 Å². The van der Waals surface area contributed by atoms with Crippen LogP contribution >= 0.6 is 12.0 Å². The van der Waals surface area contributed by atoms with Crippen molar-refractivity contribution in [3.63, 3.8) is 0 Å². The number of unbranched alkanes of at least 4 members (excludes halogenated alkanes) is 11. The fraction of sp³-hybridized carbons (Fsp3) is 0.700. The van der Waals surface area contributed by atoms with E-state index < -0.39 is 48.6 Å².